The minimum absolute atomic E-state index is 0.0714. The maximum atomic E-state index is 11.8. The number of rotatable bonds is 2. The van der Waals surface area contributed by atoms with E-state index in [0.29, 0.717) is 5.82 Å². The molecule has 4 rings (SSSR count). The van der Waals surface area contributed by atoms with Crippen LogP contribution < -0.4 is 10.5 Å². The fourth-order valence-corrected chi connectivity index (χ4v) is 3.58. The third-order valence-electron chi connectivity index (χ3n) is 4.67. The zero-order chi connectivity index (χ0) is 16.5. The summed E-state index contributed by atoms with van der Waals surface area (Å²) in [6.45, 7) is 3.66. The van der Waals surface area contributed by atoms with Crippen LogP contribution in [0, 0.1) is 6.92 Å². The molecule has 0 saturated carbocycles. The molecule has 1 aliphatic heterocycles. The Morgan fingerprint density at radius 3 is 3.00 bits per heavy atom. The Morgan fingerprint density at radius 2 is 2.12 bits per heavy atom. The van der Waals surface area contributed by atoms with Crippen LogP contribution in [0.3, 0.4) is 0 Å². The van der Waals surface area contributed by atoms with Crippen molar-refractivity contribution >= 4 is 16.6 Å². The number of hydrogen-bond acceptors (Lipinski definition) is 4. The van der Waals surface area contributed by atoms with Gasteiger partial charge in [-0.05, 0) is 31.2 Å². The summed E-state index contributed by atoms with van der Waals surface area (Å²) < 4.78 is 0. The number of fused-ring (bicyclic) bond motifs is 1. The molecule has 1 aromatic carbocycles. The van der Waals surface area contributed by atoms with Crippen molar-refractivity contribution in [3.63, 3.8) is 0 Å². The summed E-state index contributed by atoms with van der Waals surface area (Å²) in [5.41, 5.74) is 0.819. The molecule has 0 radical (unpaired) electrons. The minimum atomic E-state index is -0.0714. The lowest BCUT2D eigenvalue weighted by Crippen LogP contribution is -2.35. The van der Waals surface area contributed by atoms with Gasteiger partial charge in [-0.3, -0.25) is 4.79 Å². The summed E-state index contributed by atoms with van der Waals surface area (Å²) in [4.78, 5) is 26.0. The van der Waals surface area contributed by atoms with Gasteiger partial charge in [-0.1, -0.05) is 24.3 Å². The van der Waals surface area contributed by atoms with E-state index >= 15 is 0 Å². The molecule has 0 spiro atoms. The fourth-order valence-electron chi connectivity index (χ4n) is 3.58. The molecule has 0 unspecified atom stereocenters. The third-order valence-corrected chi connectivity index (χ3v) is 4.67. The number of pyridine rings is 1. The molecule has 2 aromatic heterocycles. The van der Waals surface area contributed by atoms with E-state index < -0.39 is 0 Å². The van der Waals surface area contributed by atoms with Crippen molar-refractivity contribution in [2.24, 2.45) is 0 Å². The lowest BCUT2D eigenvalue weighted by Gasteiger charge is -2.34. The van der Waals surface area contributed by atoms with E-state index in [2.05, 4.69) is 38.1 Å². The highest BCUT2D eigenvalue weighted by Crippen LogP contribution is 2.31. The number of nitrogens with zero attached hydrogens (tertiary/aromatic N) is 3. The number of aryl methyl sites for hydroxylation is 1. The van der Waals surface area contributed by atoms with Crippen molar-refractivity contribution in [2.45, 2.75) is 25.7 Å². The Morgan fingerprint density at radius 1 is 1.25 bits per heavy atom. The first-order valence-corrected chi connectivity index (χ1v) is 8.37. The maximum Gasteiger partial charge on any atom is 0.251 e. The smallest absolute Gasteiger partial charge is 0.251 e. The summed E-state index contributed by atoms with van der Waals surface area (Å²) in [7, 11) is 0. The van der Waals surface area contributed by atoms with Crippen LogP contribution in [-0.4, -0.2) is 28.0 Å². The number of aromatic amines is 1. The first kappa shape index (κ1) is 14.9. The highest BCUT2D eigenvalue weighted by Gasteiger charge is 2.24. The van der Waals surface area contributed by atoms with Gasteiger partial charge in [0.05, 0.1) is 5.69 Å². The van der Waals surface area contributed by atoms with Crippen molar-refractivity contribution < 1.29 is 0 Å². The van der Waals surface area contributed by atoms with Crippen LogP contribution in [0.5, 0.6) is 0 Å². The summed E-state index contributed by atoms with van der Waals surface area (Å²) in [6, 6.07) is 12.0. The third kappa shape index (κ3) is 2.77. The van der Waals surface area contributed by atoms with Crippen molar-refractivity contribution in [1.82, 2.24) is 15.0 Å². The predicted octanol–water partition coefficient (Wildman–Crippen LogP) is 3.01. The lowest BCUT2D eigenvalue weighted by molar-refractivity contribution is 0.497. The van der Waals surface area contributed by atoms with Crippen molar-refractivity contribution in [3.05, 3.63) is 64.5 Å². The van der Waals surface area contributed by atoms with E-state index in [1.807, 2.05) is 25.3 Å². The summed E-state index contributed by atoms with van der Waals surface area (Å²) >= 11 is 0. The SMILES string of the molecule is Cc1nc([C@@H]2CCCN(c3nccc4ccccc34)C2)cc(=O)[nH]1. The topological polar surface area (TPSA) is 61.9 Å². The van der Waals surface area contributed by atoms with Gasteiger partial charge < -0.3 is 9.88 Å². The van der Waals surface area contributed by atoms with Crippen LogP contribution in [0.4, 0.5) is 5.82 Å². The Hall–Kier alpha value is -2.69. The highest BCUT2D eigenvalue weighted by atomic mass is 16.1. The van der Waals surface area contributed by atoms with Crippen LogP contribution in [0.15, 0.2) is 47.4 Å². The van der Waals surface area contributed by atoms with E-state index in [1.165, 1.54) is 10.8 Å². The molecule has 1 saturated heterocycles. The molecule has 1 aliphatic rings. The largest absolute Gasteiger partial charge is 0.355 e. The molecule has 1 N–H and O–H groups in total. The standard InChI is InChI=1S/C19H20N4O/c1-13-21-17(11-18(24)22-13)15-6-4-10-23(12-15)19-16-7-3-2-5-14(16)8-9-20-19/h2-3,5,7-9,11,15H,4,6,10,12H2,1H3,(H,21,22,24)/t15-/m1/s1. The number of piperidine rings is 1. The molecule has 122 valence electrons. The van der Waals surface area contributed by atoms with Crippen molar-refractivity contribution in [2.75, 3.05) is 18.0 Å². The highest BCUT2D eigenvalue weighted by molar-refractivity contribution is 5.92. The van der Waals surface area contributed by atoms with E-state index in [4.69, 9.17) is 0 Å². The summed E-state index contributed by atoms with van der Waals surface area (Å²) in [5, 5.41) is 2.38. The molecule has 24 heavy (non-hydrogen) atoms. The molecule has 3 heterocycles. The first-order chi connectivity index (χ1) is 11.7. The molecule has 5 heteroatoms. The van der Waals surface area contributed by atoms with Crippen molar-refractivity contribution in [1.29, 1.82) is 0 Å². The predicted molar refractivity (Wildman–Crippen MR) is 95.5 cm³/mol. The first-order valence-electron chi connectivity index (χ1n) is 8.37. The molecule has 0 bridgehead atoms. The van der Waals surface area contributed by atoms with Gasteiger partial charge in [0.25, 0.3) is 5.56 Å². The van der Waals surface area contributed by atoms with E-state index in [0.717, 1.165) is 37.4 Å². The number of anilines is 1. The Kier molecular flexibility index (Phi) is 3.76. The molecule has 0 amide bonds. The van der Waals surface area contributed by atoms with Gasteiger partial charge in [0.15, 0.2) is 0 Å². The molecule has 1 atom stereocenters. The lowest BCUT2D eigenvalue weighted by atomic mass is 9.94. The summed E-state index contributed by atoms with van der Waals surface area (Å²) in [5.74, 6) is 1.97. The minimum Gasteiger partial charge on any atom is -0.355 e. The van der Waals surface area contributed by atoms with Crippen LogP contribution in [0.25, 0.3) is 10.8 Å². The van der Waals surface area contributed by atoms with Gasteiger partial charge in [-0.2, -0.15) is 0 Å². The van der Waals surface area contributed by atoms with E-state index in [-0.39, 0.29) is 11.5 Å². The Labute approximate surface area is 140 Å². The second-order valence-corrected chi connectivity index (χ2v) is 6.40. The van der Waals surface area contributed by atoms with Crippen LogP contribution >= 0.6 is 0 Å². The fraction of sp³-hybridized carbons (Fsp3) is 0.316. The van der Waals surface area contributed by atoms with Gasteiger partial charge >= 0.3 is 0 Å². The molecular weight excluding hydrogens is 300 g/mol. The second kappa shape index (κ2) is 6.07. The quantitative estimate of drug-likeness (QED) is 0.788. The normalized spacial score (nSPS) is 18.0. The monoisotopic (exact) mass is 320 g/mol. The number of benzene rings is 1. The van der Waals surface area contributed by atoms with Gasteiger partial charge in [-0.25, -0.2) is 9.97 Å². The van der Waals surface area contributed by atoms with Gasteiger partial charge in [0, 0.05) is 36.7 Å². The number of hydrogen-bond donors (Lipinski definition) is 1. The second-order valence-electron chi connectivity index (χ2n) is 6.40. The van der Waals surface area contributed by atoms with Gasteiger partial charge in [-0.15, -0.1) is 0 Å². The van der Waals surface area contributed by atoms with Gasteiger partial charge in [0.2, 0.25) is 0 Å². The van der Waals surface area contributed by atoms with Gasteiger partial charge in [0.1, 0.15) is 11.6 Å². The average molecular weight is 320 g/mol. The molecule has 5 nitrogen and oxygen atoms in total. The number of aromatic nitrogens is 3. The average Bonchev–Trinajstić information content (AvgIpc) is 2.60. The number of nitrogens with one attached hydrogen (secondary N) is 1. The van der Waals surface area contributed by atoms with E-state index in [9.17, 15) is 4.79 Å². The Balaban J connectivity index is 1.68. The van der Waals surface area contributed by atoms with Crippen LogP contribution in [0.1, 0.15) is 30.3 Å². The molecular formula is C19H20N4O. The molecule has 3 aromatic rings. The van der Waals surface area contributed by atoms with Crippen LogP contribution in [0.2, 0.25) is 0 Å². The van der Waals surface area contributed by atoms with E-state index in [1.54, 1.807) is 6.07 Å². The zero-order valence-electron chi connectivity index (χ0n) is 13.7. The number of H-pyrrole nitrogens is 1. The molecule has 1 fully saturated rings. The summed E-state index contributed by atoms with van der Waals surface area (Å²) in [6.07, 6.45) is 4.00. The van der Waals surface area contributed by atoms with Crippen LogP contribution in [-0.2, 0) is 0 Å². The maximum absolute atomic E-state index is 11.8. The van der Waals surface area contributed by atoms with Crippen molar-refractivity contribution in [3.8, 4) is 0 Å². The molecule has 0 aliphatic carbocycles. The zero-order valence-corrected chi connectivity index (χ0v) is 13.7. The Bertz CT molecular complexity index is 929.